The molecule has 1 N–H and O–H groups in total. The highest BCUT2D eigenvalue weighted by atomic mass is 16.5. The predicted octanol–water partition coefficient (Wildman–Crippen LogP) is 1.54. The zero-order valence-electron chi connectivity index (χ0n) is 11.5. The van der Waals surface area contributed by atoms with Gasteiger partial charge in [0, 0.05) is 13.1 Å². The minimum atomic E-state index is -0.350. The number of anilines is 1. The van der Waals surface area contributed by atoms with Gasteiger partial charge in [0.15, 0.2) is 0 Å². The summed E-state index contributed by atoms with van der Waals surface area (Å²) in [5.74, 6) is 0.432. The molecule has 0 aliphatic heterocycles. The maximum Gasteiger partial charge on any atom is 0.339 e. The topological polar surface area (TPSA) is 54.5 Å². The molecule has 0 atom stereocenters. The van der Waals surface area contributed by atoms with Crippen LogP contribution in [0.1, 0.15) is 23.0 Å². The van der Waals surface area contributed by atoms with Gasteiger partial charge >= 0.3 is 5.97 Å². The van der Waals surface area contributed by atoms with Gasteiger partial charge in [0.1, 0.15) is 5.82 Å². The lowest BCUT2D eigenvalue weighted by Gasteiger charge is -2.14. The first-order chi connectivity index (χ1) is 8.58. The average Bonchev–Trinajstić information content (AvgIpc) is 2.37. The van der Waals surface area contributed by atoms with E-state index in [0.29, 0.717) is 11.3 Å². The molecule has 0 saturated carbocycles. The van der Waals surface area contributed by atoms with E-state index in [0.717, 1.165) is 25.5 Å². The summed E-state index contributed by atoms with van der Waals surface area (Å²) in [4.78, 5) is 17.9. The van der Waals surface area contributed by atoms with Crippen LogP contribution in [-0.2, 0) is 4.74 Å². The van der Waals surface area contributed by atoms with Crippen molar-refractivity contribution in [3.63, 3.8) is 0 Å². The number of rotatable bonds is 6. The SMILES string of the molecule is CCN(C)CCNc1ccc(C(=O)OC)c(C)n1. The standard InChI is InChI=1S/C13H21N3O2/c1-5-16(3)9-8-14-12-7-6-11(10(2)15-12)13(17)18-4/h6-7H,5,8-9H2,1-4H3,(H,14,15). The lowest BCUT2D eigenvalue weighted by atomic mass is 10.2. The van der Waals surface area contributed by atoms with Crippen molar-refractivity contribution in [1.82, 2.24) is 9.88 Å². The van der Waals surface area contributed by atoms with Crippen LogP contribution in [0.25, 0.3) is 0 Å². The van der Waals surface area contributed by atoms with Gasteiger partial charge in [0.25, 0.3) is 0 Å². The normalized spacial score (nSPS) is 10.5. The van der Waals surface area contributed by atoms with Gasteiger partial charge < -0.3 is 15.0 Å². The van der Waals surface area contributed by atoms with E-state index in [1.165, 1.54) is 7.11 Å². The van der Waals surface area contributed by atoms with E-state index >= 15 is 0 Å². The summed E-state index contributed by atoms with van der Waals surface area (Å²) in [6.07, 6.45) is 0. The Hall–Kier alpha value is -1.62. The summed E-state index contributed by atoms with van der Waals surface area (Å²) in [6.45, 7) is 6.73. The van der Waals surface area contributed by atoms with Crippen LogP contribution in [0.2, 0.25) is 0 Å². The maximum atomic E-state index is 11.4. The number of hydrogen-bond acceptors (Lipinski definition) is 5. The van der Waals surface area contributed by atoms with Crippen LogP contribution in [0, 0.1) is 6.92 Å². The smallest absolute Gasteiger partial charge is 0.339 e. The van der Waals surface area contributed by atoms with E-state index in [1.807, 2.05) is 0 Å². The van der Waals surface area contributed by atoms with Gasteiger partial charge in [-0.1, -0.05) is 6.92 Å². The summed E-state index contributed by atoms with van der Waals surface area (Å²) >= 11 is 0. The second kappa shape index (κ2) is 6.96. The number of methoxy groups -OCH3 is 1. The van der Waals surface area contributed by atoms with Crippen LogP contribution >= 0.6 is 0 Å². The predicted molar refractivity (Wildman–Crippen MR) is 72.0 cm³/mol. The summed E-state index contributed by atoms with van der Waals surface area (Å²) in [6, 6.07) is 3.53. The van der Waals surface area contributed by atoms with E-state index in [1.54, 1.807) is 19.1 Å². The highest BCUT2D eigenvalue weighted by molar-refractivity contribution is 5.90. The molecule has 0 saturated heterocycles. The zero-order chi connectivity index (χ0) is 13.5. The van der Waals surface area contributed by atoms with Gasteiger partial charge in [-0.25, -0.2) is 9.78 Å². The van der Waals surface area contributed by atoms with Gasteiger partial charge in [-0.05, 0) is 32.6 Å². The molecule has 0 spiro atoms. The van der Waals surface area contributed by atoms with Crippen molar-refractivity contribution in [3.05, 3.63) is 23.4 Å². The quantitative estimate of drug-likeness (QED) is 0.777. The summed E-state index contributed by atoms with van der Waals surface area (Å²) < 4.78 is 4.68. The van der Waals surface area contributed by atoms with Crippen LogP contribution in [-0.4, -0.2) is 49.6 Å². The lowest BCUT2D eigenvalue weighted by Crippen LogP contribution is -2.25. The third kappa shape index (κ3) is 4.00. The first-order valence-corrected chi connectivity index (χ1v) is 6.06. The molecule has 0 unspecified atom stereocenters. The number of esters is 1. The largest absolute Gasteiger partial charge is 0.465 e. The molecule has 5 heteroatoms. The fourth-order valence-electron chi connectivity index (χ4n) is 1.52. The fourth-order valence-corrected chi connectivity index (χ4v) is 1.52. The number of likely N-dealkylation sites (N-methyl/N-ethyl adjacent to an activating group) is 1. The zero-order valence-corrected chi connectivity index (χ0v) is 11.5. The number of carbonyl (C=O) groups excluding carboxylic acids is 1. The van der Waals surface area contributed by atoms with Crippen molar-refractivity contribution in [1.29, 1.82) is 0 Å². The van der Waals surface area contributed by atoms with Crippen molar-refractivity contribution in [2.24, 2.45) is 0 Å². The molecule has 0 aliphatic carbocycles. The van der Waals surface area contributed by atoms with Gasteiger partial charge in [-0.2, -0.15) is 0 Å². The minimum Gasteiger partial charge on any atom is -0.465 e. The molecular weight excluding hydrogens is 230 g/mol. The van der Waals surface area contributed by atoms with E-state index in [9.17, 15) is 4.79 Å². The molecule has 0 amide bonds. The van der Waals surface area contributed by atoms with Crippen LogP contribution in [0.4, 0.5) is 5.82 Å². The Morgan fingerprint density at radius 2 is 2.22 bits per heavy atom. The van der Waals surface area contributed by atoms with E-state index < -0.39 is 0 Å². The summed E-state index contributed by atoms with van der Waals surface area (Å²) in [5.41, 5.74) is 1.18. The first-order valence-electron chi connectivity index (χ1n) is 6.06. The van der Waals surface area contributed by atoms with E-state index in [4.69, 9.17) is 0 Å². The molecular formula is C13H21N3O2. The second-order valence-electron chi connectivity index (χ2n) is 4.14. The fraction of sp³-hybridized carbons (Fsp3) is 0.538. The molecule has 0 aromatic carbocycles. The number of nitrogens with zero attached hydrogens (tertiary/aromatic N) is 2. The van der Waals surface area contributed by atoms with Gasteiger partial charge in [-0.3, -0.25) is 0 Å². The van der Waals surface area contributed by atoms with Gasteiger partial charge in [-0.15, -0.1) is 0 Å². The third-order valence-electron chi connectivity index (χ3n) is 2.83. The number of aryl methyl sites for hydroxylation is 1. The van der Waals surface area contributed by atoms with Crippen molar-refractivity contribution >= 4 is 11.8 Å². The molecule has 1 heterocycles. The Balaban J connectivity index is 2.59. The van der Waals surface area contributed by atoms with Crippen LogP contribution in [0.5, 0.6) is 0 Å². The Labute approximate surface area is 108 Å². The van der Waals surface area contributed by atoms with E-state index in [2.05, 4.69) is 33.9 Å². The molecule has 0 fully saturated rings. The Kier molecular flexibility index (Phi) is 5.58. The highest BCUT2D eigenvalue weighted by Gasteiger charge is 2.10. The number of ether oxygens (including phenoxy) is 1. The molecule has 1 aromatic rings. The third-order valence-corrected chi connectivity index (χ3v) is 2.83. The summed E-state index contributed by atoms with van der Waals surface area (Å²) in [7, 11) is 3.44. The monoisotopic (exact) mass is 251 g/mol. The highest BCUT2D eigenvalue weighted by Crippen LogP contribution is 2.11. The lowest BCUT2D eigenvalue weighted by molar-refractivity contribution is 0.0599. The molecule has 0 aliphatic rings. The summed E-state index contributed by atoms with van der Waals surface area (Å²) in [5, 5.41) is 3.23. The molecule has 0 bridgehead atoms. The minimum absolute atomic E-state index is 0.350. The average molecular weight is 251 g/mol. The van der Waals surface area contributed by atoms with Crippen molar-refractivity contribution < 1.29 is 9.53 Å². The molecule has 100 valence electrons. The van der Waals surface area contributed by atoms with Crippen LogP contribution < -0.4 is 5.32 Å². The molecule has 5 nitrogen and oxygen atoms in total. The molecule has 1 rings (SSSR count). The number of nitrogens with one attached hydrogen (secondary N) is 1. The molecule has 1 aromatic heterocycles. The maximum absolute atomic E-state index is 11.4. The molecule has 18 heavy (non-hydrogen) atoms. The number of pyridine rings is 1. The number of carbonyl (C=O) groups is 1. The Morgan fingerprint density at radius 1 is 1.50 bits per heavy atom. The Morgan fingerprint density at radius 3 is 2.78 bits per heavy atom. The van der Waals surface area contributed by atoms with Crippen molar-refractivity contribution in [3.8, 4) is 0 Å². The van der Waals surface area contributed by atoms with Crippen molar-refractivity contribution in [2.75, 3.05) is 39.1 Å². The van der Waals surface area contributed by atoms with Gasteiger partial charge in [0.2, 0.25) is 0 Å². The second-order valence-corrected chi connectivity index (χ2v) is 4.14. The molecule has 0 radical (unpaired) electrons. The van der Waals surface area contributed by atoms with Crippen LogP contribution in [0.15, 0.2) is 12.1 Å². The number of aromatic nitrogens is 1. The van der Waals surface area contributed by atoms with Crippen LogP contribution in [0.3, 0.4) is 0 Å². The van der Waals surface area contributed by atoms with Crippen molar-refractivity contribution in [2.45, 2.75) is 13.8 Å². The van der Waals surface area contributed by atoms with Gasteiger partial charge in [0.05, 0.1) is 18.4 Å². The number of hydrogen-bond donors (Lipinski definition) is 1. The first kappa shape index (κ1) is 14.4. The Bertz CT molecular complexity index is 407. The van der Waals surface area contributed by atoms with E-state index in [-0.39, 0.29) is 5.97 Å².